The van der Waals surface area contributed by atoms with Crippen LogP contribution in [0.25, 0.3) is 11.3 Å². The van der Waals surface area contributed by atoms with Gasteiger partial charge in [0.25, 0.3) is 0 Å². The molecule has 2 aromatic rings. The Kier molecular flexibility index (Phi) is 4.30. The second-order valence-corrected chi connectivity index (χ2v) is 4.41. The average Bonchev–Trinajstić information content (AvgIpc) is 2.39. The molecular formula is C14H14F3N3O. The second kappa shape index (κ2) is 5.99. The van der Waals surface area contributed by atoms with Gasteiger partial charge in [-0.3, -0.25) is 0 Å². The van der Waals surface area contributed by atoms with Gasteiger partial charge in [-0.1, -0.05) is 25.5 Å². The molecule has 0 aliphatic carbocycles. The molecule has 0 atom stereocenters. The number of benzene rings is 1. The van der Waals surface area contributed by atoms with Gasteiger partial charge in [-0.2, -0.15) is 0 Å². The summed E-state index contributed by atoms with van der Waals surface area (Å²) in [4.78, 5) is 8.06. The van der Waals surface area contributed by atoms with E-state index in [1.807, 2.05) is 6.92 Å². The Balaban J connectivity index is 2.43. The van der Waals surface area contributed by atoms with Crippen LogP contribution in [-0.2, 0) is 6.42 Å². The summed E-state index contributed by atoms with van der Waals surface area (Å²) in [6.45, 7) is 1.97. The summed E-state index contributed by atoms with van der Waals surface area (Å²) < 4.78 is 40.7. The number of hydrogen-bond acceptors (Lipinski definition) is 4. The van der Waals surface area contributed by atoms with E-state index >= 15 is 0 Å². The first-order chi connectivity index (χ1) is 9.90. The number of ether oxygens (including phenoxy) is 1. The van der Waals surface area contributed by atoms with E-state index in [1.54, 1.807) is 6.07 Å². The largest absolute Gasteiger partial charge is 0.573 e. The van der Waals surface area contributed by atoms with Gasteiger partial charge >= 0.3 is 6.36 Å². The van der Waals surface area contributed by atoms with E-state index in [0.29, 0.717) is 23.5 Å². The zero-order valence-electron chi connectivity index (χ0n) is 11.3. The molecule has 0 radical (unpaired) electrons. The van der Waals surface area contributed by atoms with Crippen molar-refractivity contribution in [3.63, 3.8) is 0 Å². The smallest absolute Gasteiger partial charge is 0.406 e. The Bertz CT molecular complexity index is 629. The van der Waals surface area contributed by atoms with Crippen molar-refractivity contribution >= 4 is 5.82 Å². The molecule has 112 valence electrons. The third-order valence-electron chi connectivity index (χ3n) is 2.82. The summed E-state index contributed by atoms with van der Waals surface area (Å²) in [7, 11) is 0. The van der Waals surface area contributed by atoms with Crippen LogP contribution in [0.3, 0.4) is 0 Å². The molecule has 0 amide bonds. The Morgan fingerprint density at radius 1 is 1.24 bits per heavy atom. The van der Waals surface area contributed by atoms with Gasteiger partial charge in [0.15, 0.2) is 0 Å². The number of anilines is 1. The highest BCUT2D eigenvalue weighted by Crippen LogP contribution is 2.30. The number of nitrogens with two attached hydrogens (primary N) is 1. The molecule has 2 rings (SSSR count). The molecule has 4 nitrogen and oxygen atoms in total. The van der Waals surface area contributed by atoms with Gasteiger partial charge in [0.05, 0.1) is 5.69 Å². The van der Waals surface area contributed by atoms with Crippen molar-refractivity contribution in [2.45, 2.75) is 26.1 Å². The molecule has 21 heavy (non-hydrogen) atoms. The van der Waals surface area contributed by atoms with Crippen molar-refractivity contribution in [2.24, 2.45) is 0 Å². The molecule has 0 saturated heterocycles. The fraction of sp³-hybridized carbons (Fsp3) is 0.286. The molecule has 7 heteroatoms. The molecule has 0 saturated carbocycles. The lowest BCUT2D eigenvalue weighted by molar-refractivity contribution is -0.274. The predicted molar refractivity (Wildman–Crippen MR) is 72.6 cm³/mol. The van der Waals surface area contributed by atoms with Crippen molar-refractivity contribution in [3.05, 3.63) is 36.2 Å². The van der Waals surface area contributed by atoms with Crippen LogP contribution in [-0.4, -0.2) is 16.3 Å². The van der Waals surface area contributed by atoms with Crippen molar-refractivity contribution in [1.29, 1.82) is 0 Å². The van der Waals surface area contributed by atoms with Crippen LogP contribution in [0, 0.1) is 0 Å². The summed E-state index contributed by atoms with van der Waals surface area (Å²) >= 11 is 0. The fourth-order valence-electron chi connectivity index (χ4n) is 2.01. The number of nitrogens with zero attached hydrogens (tertiary/aromatic N) is 2. The topological polar surface area (TPSA) is 61.0 Å². The van der Waals surface area contributed by atoms with Crippen molar-refractivity contribution in [2.75, 3.05) is 5.73 Å². The zero-order chi connectivity index (χ0) is 15.5. The van der Waals surface area contributed by atoms with Crippen molar-refractivity contribution < 1.29 is 17.9 Å². The second-order valence-electron chi connectivity index (χ2n) is 4.41. The van der Waals surface area contributed by atoms with Crippen molar-refractivity contribution in [3.8, 4) is 17.0 Å². The van der Waals surface area contributed by atoms with Gasteiger partial charge < -0.3 is 10.5 Å². The fourth-order valence-corrected chi connectivity index (χ4v) is 2.01. The van der Waals surface area contributed by atoms with Crippen LogP contribution in [0.5, 0.6) is 5.75 Å². The van der Waals surface area contributed by atoms with E-state index in [2.05, 4.69) is 14.7 Å². The first kappa shape index (κ1) is 15.1. The molecule has 2 N–H and O–H groups in total. The minimum Gasteiger partial charge on any atom is -0.406 e. The maximum absolute atomic E-state index is 12.3. The summed E-state index contributed by atoms with van der Waals surface area (Å²) in [5.41, 5.74) is 7.58. The Morgan fingerprint density at radius 2 is 2.00 bits per heavy atom. The van der Waals surface area contributed by atoms with Crippen LogP contribution >= 0.6 is 0 Å². The van der Waals surface area contributed by atoms with Gasteiger partial charge in [0.2, 0.25) is 0 Å². The summed E-state index contributed by atoms with van der Waals surface area (Å²) in [5, 5.41) is 0. The minimum absolute atomic E-state index is 0.292. The first-order valence-corrected chi connectivity index (χ1v) is 6.36. The molecule has 1 aromatic carbocycles. The van der Waals surface area contributed by atoms with E-state index in [0.717, 1.165) is 12.0 Å². The lowest BCUT2D eigenvalue weighted by Gasteiger charge is -2.12. The van der Waals surface area contributed by atoms with Crippen LogP contribution in [0.1, 0.15) is 18.9 Å². The van der Waals surface area contributed by atoms with E-state index in [9.17, 15) is 13.2 Å². The summed E-state index contributed by atoms with van der Waals surface area (Å²) in [6.07, 6.45) is -1.97. The highest BCUT2D eigenvalue weighted by atomic mass is 19.4. The van der Waals surface area contributed by atoms with Crippen LogP contribution in [0.15, 0.2) is 30.6 Å². The maximum atomic E-state index is 12.3. The Hall–Kier alpha value is -2.31. The number of rotatable bonds is 4. The SMILES string of the molecule is CCCc1c(N)ncnc1-c1cccc(OC(F)(F)F)c1. The quantitative estimate of drug-likeness (QED) is 0.937. The highest BCUT2D eigenvalue weighted by Gasteiger charge is 2.31. The molecule has 0 bridgehead atoms. The molecular weight excluding hydrogens is 283 g/mol. The number of nitrogen functional groups attached to an aromatic ring is 1. The number of aromatic nitrogens is 2. The minimum atomic E-state index is -4.73. The van der Waals surface area contributed by atoms with Gasteiger partial charge in [-0.15, -0.1) is 13.2 Å². The third kappa shape index (κ3) is 3.84. The Morgan fingerprint density at radius 3 is 2.67 bits per heavy atom. The monoisotopic (exact) mass is 297 g/mol. The van der Waals surface area contributed by atoms with E-state index < -0.39 is 6.36 Å². The average molecular weight is 297 g/mol. The van der Waals surface area contributed by atoms with Crippen LogP contribution in [0.2, 0.25) is 0 Å². The van der Waals surface area contributed by atoms with Crippen LogP contribution < -0.4 is 10.5 Å². The summed E-state index contributed by atoms with van der Waals surface area (Å²) in [5.74, 6) is 0.0450. The normalized spacial score (nSPS) is 11.4. The van der Waals surface area contributed by atoms with E-state index in [1.165, 1.54) is 24.5 Å². The highest BCUT2D eigenvalue weighted by molar-refractivity contribution is 5.68. The number of halogens is 3. The first-order valence-electron chi connectivity index (χ1n) is 6.36. The standard InChI is InChI=1S/C14H14F3N3O/c1-2-4-11-12(19-8-20-13(11)18)9-5-3-6-10(7-9)21-14(15,16)17/h3,5-8H,2,4H2,1H3,(H2,18,19,20). The molecule has 1 heterocycles. The van der Waals surface area contributed by atoms with E-state index in [4.69, 9.17) is 5.73 Å². The molecule has 0 spiro atoms. The Labute approximate surface area is 119 Å². The molecule has 0 aliphatic rings. The zero-order valence-corrected chi connectivity index (χ0v) is 11.3. The molecule has 1 aromatic heterocycles. The van der Waals surface area contributed by atoms with Gasteiger partial charge in [-0.25, -0.2) is 9.97 Å². The molecule has 0 fully saturated rings. The van der Waals surface area contributed by atoms with E-state index in [-0.39, 0.29) is 5.75 Å². The lowest BCUT2D eigenvalue weighted by Crippen LogP contribution is -2.17. The number of hydrogen-bond donors (Lipinski definition) is 1. The van der Waals surface area contributed by atoms with Gasteiger partial charge in [0.1, 0.15) is 17.9 Å². The lowest BCUT2D eigenvalue weighted by atomic mass is 10.0. The van der Waals surface area contributed by atoms with Crippen molar-refractivity contribution in [1.82, 2.24) is 9.97 Å². The van der Waals surface area contributed by atoms with Gasteiger partial charge in [0, 0.05) is 11.1 Å². The number of alkyl halides is 3. The van der Waals surface area contributed by atoms with Gasteiger partial charge in [-0.05, 0) is 18.6 Å². The third-order valence-corrected chi connectivity index (χ3v) is 2.82. The maximum Gasteiger partial charge on any atom is 0.573 e. The van der Waals surface area contributed by atoms with Crippen LogP contribution in [0.4, 0.5) is 19.0 Å². The molecule has 0 unspecified atom stereocenters. The molecule has 0 aliphatic heterocycles. The summed E-state index contributed by atoms with van der Waals surface area (Å²) in [6, 6.07) is 5.66. The predicted octanol–water partition coefficient (Wildman–Crippen LogP) is 3.58.